The maximum Gasteiger partial charge on any atom is 0.238 e. The first kappa shape index (κ1) is 23.1. The Morgan fingerprint density at radius 2 is 1.45 bits per heavy atom. The molecule has 0 aliphatic carbocycles. The second kappa shape index (κ2) is 10.7. The number of benzene rings is 3. The zero-order valence-corrected chi connectivity index (χ0v) is 18.8. The van der Waals surface area contributed by atoms with Gasteiger partial charge in [0.05, 0.1) is 12.6 Å². The summed E-state index contributed by atoms with van der Waals surface area (Å²) in [7, 11) is 0. The summed E-state index contributed by atoms with van der Waals surface area (Å²) in [4.78, 5) is 17.1. The molecule has 3 aromatic carbocycles. The molecule has 3 aromatic rings. The first-order valence-electron chi connectivity index (χ1n) is 11.3. The Labute approximate surface area is 193 Å². The standard InChI is InChI=1S/C27H29F2N3O/c1-20-5-2-3-6-25(20)30-26(33)19-31-15-4-16-32(18-17-31)27(21-7-11-23(28)12-8-21)22-9-13-24(29)14-10-22/h2-3,5-14,27H,4,15-19H2,1H3,(H,30,33). The second-order valence-electron chi connectivity index (χ2n) is 8.53. The molecule has 1 aliphatic rings. The molecule has 0 unspecified atom stereocenters. The highest BCUT2D eigenvalue weighted by Crippen LogP contribution is 2.30. The van der Waals surface area contributed by atoms with Gasteiger partial charge in [-0.3, -0.25) is 14.6 Å². The van der Waals surface area contributed by atoms with Gasteiger partial charge in [-0.1, -0.05) is 42.5 Å². The van der Waals surface area contributed by atoms with Crippen LogP contribution in [0.4, 0.5) is 14.5 Å². The van der Waals surface area contributed by atoms with Crippen LogP contribution in [0.3, 0.4) is 0 Å². The van der Waals surface area contributed by atoms with E-state index in [-0.39, 0.29) is 23.6 Å². The minimum Gasteiger partial charge on any atom is -0.325 e. The number of carbonyl (C=O) groups excluding carboxylic acids is 1. The Bertz CT molecular complexity index is 1020. The summed E-state index contributed by atoms with van der Waals surface area (Å²) in [5.74, 6) is -0.581. The summed E-state index contributed by atoms with van der Waals surface area (Å²) in [5, 5.41) is 3.01. The van der Waals surface area contributed by atoms with Gasteiger partial charge in [-0.2, -0.15) is 0 Å². The lowest BCUT2D eigenvalue weighted by Gasteiger charge is -2.31. The fourth-order valence-corrected chi connectivity index (χ4v) is 4.42. The van der Waals surface area contributed by atoms with E-state index in [1.165, 1.54) is 24.3 Å². The van der Waals surface area contributed by atoms with Gasteiger partial charge in [0.15, 0.2) is 0 Å². The number of rotatable bonds is 6. The first-order chi connectivity index (χ1) is 16.0. The van der Waals surface area contributed by atoms with Crippen LogP contribution in [-0.4, -0.2) is 48.4 Å². The summed E-state index contributed by atoms with van der Waals surface area (Å²) >= 11 is 0. The highest BCUT2D eigenvalue weighted by Gasteiger charge is 2.26. The van der Waals surface area contributed by atoms with Gasteiger partial charge in [-0.15, -0.1) is 0 Å². The number of hydrogen-bond acceptors (Lipinski definition) is 3. The topological polar surface area (TPSA) is 35.6 Å². The Balaban J connectivity index is 1.45. The molecular formula is C27H29F2N3O. The molecule has 1 saturated heterocycles. The molecule has 4 nitrogen and oxygen atoms in total. The lowest BCUT2D eigenvalue weighted by atomic mass is 9.96. The fourth-order valence-electron chi connectivity index (χ4n) is 4.42. The van der Waals surface area contributed by atoms with Crippen molar-refractivity contribution in [1.29, 1.82) is 0 Å². The smallest absolute Gasteiger partial charge is 0.238 e. The molecule has 1 heterocycles. The van der Waals surface area contributed by atoms with Gasteiger partial charge < -0.3 is 5.32 Å². The molecule has 1 aliphatic heterocycles. The summed E-state index contributed by atoms with van der Waals surface area (Å²) in [6, 6.07) is 20.7. The number of nitrogens with one attached hydrogen (secondary N) is 1. The van der Waals surface area contributed by atoms with E-state index in [1.54, 1.807) is 24.3 Å². The molecule has 0 saturated carbocycles. The molecule has 0 aromatic heterocycles. The van der Waals surface area contributed by atoms with Crippen molar-refractivity contribution in [2.75, 3.05) is 38.0 Å². The quantitative estimate of drug-likeness (QED) is 0.575. The number of nitrogens with zero attached hydrogens (tertiary/aromatic N) is 2. The minimum absolute atomic E-state index is 0.0219. The van der Waals surface area contributed by atoms with Gasteiger partial charge in [0.2, 0.25) is 5.91 Å². The van der Waals surface area contributed by atoms with E-state index in [0.29, 0.717) is 6.54 Å². The number of anilines is 1. The molecule has 1 fully saturated rings. The Kier molecular flexibility index (Phi) is 7.47. The molecule has 0 bridgehead atoms. The molecule has 1 amide bonds. The van der Waals surface area contributed by atoms with Crippen molar-refractivity contribution < 1.29 is 13.6 Å². The number of halogens is 2. The maximum atomic E-state index is 13.6. The van der Waals surface area contributed by atoms with Gasteiger partial charge >= 0.3 is 0 Å². The number of para-hydroxylation sites is 1. The summed E-state index contributed by atoms with van der Waals surface area (Å²) < 4.78 is 27.1. The third kappa shape index (κ3) is 6.03. The predicted octanol–water partition coefficient (Wildman–Crippen LogP) is 5.01. The Morgan fingerprint density at radius 1 is 0.848 bits per heavy atom. The highest BCUT2D eigenvalue weighted by molar-refractivity contribution is 5.92. The van der Waals surface area contributed by atoms with Crippen LogP contribution in [0.25, 0.3) is 0 Å². The number of carbonyl (C=O) groups is 1. The maximum absolute atomic E-state index is 13.6. The van der Waals surface area contributed by atoms with Crippen molar-refractivity contribution >= 4 is 11.6 Å². The number of amides is 1. The van der Waals surface area contributed by atoms with Crippen LogP contribution in [0.2, 0.25) is 0 Å². The molecule has 1 N–H and O–H groups in total. The Morgan fingerprint density at radius 3 is 2.06 bits per heavy atom. The SMILES string of the molecule is Cc1ccccc1NC(=O)CN1CCCN(C(c2ccc(F)cc2)c2ccc(F)cc2)CC1. The average molecular weight is 450 g/mol. The van der Waals surface area contributed by atoms with E-state index < -0.39 is 0 Å². The molecule has 4 rings (SSSR count). The number of hydrogen-bond donors (Lipinski definition) is 1. The van der Waals surface area contributed by atoms with Gasteiger partial charge in [0.1, 0.15) is 11.6 Å². The predicted molar refractivity (Wildman–Crippen MR) is 127 cm³/mol. The summed E-state index contributed by atoms with van der Waals surface area (Å²) in [6.45, 7) is 5.44. The van der Waals surface area contributed by atoms with Crippen molar-refractivity contribution in [2.24, 2.45) is 0 Å². The van der Waals surface area contributed by atoms with E-state index in [4.69, 9.17) is 0 Å². The van der Waals surface area contributed by atoms with Crippen LogP contribution in [0.1, 0.15) is 29.2 Å². The van der Waals surface area contributed by atoms with E-state index in [1.807, 2.05) is 31.2 Å². The second-order valence-corrected chi connectivity index (χ2v) is 8.53. The zero-order chi connectivity index (χ0) is 23.2. The lowest BCUT2D eigenvalue weighted by molar-refractivity contribution is -0.117. The van der Waals surface area contributed by atoms with Crippen molar-refractivity contribution in [3.05, 3.63) is 101 Å². The van der Waals surface area contributed by atoms with Gasteiger partial charge in [0.25, 0.3) is 0 Å². The molecule has 6 heteroatoms. The van der Waals surface area contributed by atoms with Crippen LogP contribution >= 0.6 is 0 Å². The van der Waals surface area contributed by atoms with Crippen LogP contribution in [0.15, 0.2) is 72.8 Å². The van der Waals surface area contributed by atoms with Crippen molar-refractivity contribution in [1.82, 2.24) is 9.80 Å². The van der Waals surface area contributed by atoms with E-state index in [2.05, 4.69) is 15.1 Å². The monoisotopic (exact) mass is 449 g/mol. The van der Waals surface area contributed by atoms with Crippen molar-refractivity contribution in [3.63, 3.8) is 0 Å². The summed E-state index contributed by atoms with van der Waals surface area (Å²) in [6.07, 6.45) is 0.899. The summed E-state index contributed by atoms with van der Waals surface area (Å²) in [5.41, 5.74) is 3.81. The van der Waals surface area contributed by atoms with Gasteiger partial charge in [-0.05, 0) is 66.9 Å². The van der Waals surface area contributed by atoms with Crippen LogP contribution in [0.5, 0.6) is 0 Å². The fraction of sp³-hybridized carbons (Fsp3) is 0.296. The highest BCUT2D eigenvalue weighted by atomic mass is 19.1. The molecule has 33 heavy (non-hydrogen) atoms. The van der Waals surface area contributed by atoms with Gasteiger partial charge in [-0.25, -0.2) is 8.78 Å². The molecular weight excluding hydrogens is 420 g/mol. The van der Waals surface area contributed by atoms with E-state index in [9.17, 15) is 13.6 Å². The Hall–Kier alpha value is -3.09. The average Bonchev–Trinajstić information content (AvgIpc) is 3.03. The van der Waals surface area contributed by atoms with Gasteiger partial charge in [0, 0.05) is 25.3 Å². The number of aryl methyl sites for hydroxylation is 1. The van der Waals surface area contributed by atoms with E-state index in [0.717, 1.165) is 55.0 Å². The molecule has 172 valence electrons. The molecule has 0 radical (unpaired) electrons. The van der Waals surface area contributed by atoms with Crippen LogP contribution < -0.4 is 5.32 Å². The van der Waals surface area contributed by atoms with E-state index >= 15 is 0 Å². The third-order valence-electron chi connectivity index (χ3n) is 6.15. The largest absolute Gasteiger partial charge is 0.325 e. The van der Waals surface area contributed by atoms with Crippen LogP contribution in [-0.2, 0) is 4.79 Å². The minimum atomic E-state index is -0.279. The lowest BCUT2D eigenvalue weighted by Crippen LogP contribution is -2.37. The first-order valence-corrected chi connectivity index (χ1v) is 11.3. The molecule has 0 atom stereocenters. The third-order valence-corrected chi connectivity index (χ3v) is 6.15. The van der Waals surface area contributed by atoms with Crippen LogP contribution in [0, 0.1) is 18.6 Å². The van der Waals surface area contributed by atoms with Crippen molar-refractivity contribution in [3.8, 4) is 0 Å². The van der Waals surface area contributed by atoms with Crippen molar-refractivity contribution in [2.45, 2.75) is 19.4 Å². The normalized spacial score (nSPS) is 15.4. The zero-order valence-electron chi connectivity index (χ0n) is 18.8. The molecule has 0 spiro atoms.